The number of aromatic nitrogens is 4. The highest BCUT2D eigenvalue weighted by atomic mass is 32.1. The van der Waals surface area contributed by atoms with Gasteiger partial charge < -0.3 is 19.7 Å². The second-order valence-corrected chi connectivity index (χ2v) is 8.73. The summed E-state index contributed by atoms with van der Waals surface area (Å²) in [5.74, 6) is 2.27. The lowest BCUT2D eigenvalue weighted by molar-refractivity contribution is 0.174. The quantitative estimate of drug-likeness (QED) is 0.445. The number of nitrogens with zero attached hydrogens (tertiary/aromatic N) is 6. The van der Waals surface area contributed by atoms with E-state index in [4.69, 9.17) is 14.5 Å². The summed E-state index contributed by atoms with van der Waals surface area (Å²) in [5, 5.41) is 4.40. The lowest BCUT2D eigenvalue weighted by Crippen LogP contribution is -2.29. The molecule has 2 aromatic heterocycles. The van der Waals surface area contributed by atoms with E-state index in [9.17, 15) is 0 Å². The lowest BCUT2D eigenvalue weighted by Gasteiger charge is -2.22. The Bertz CT molecular complexity index is 1200. The van der Waals surface area contributed by atoms with Crippen LogP contribution in [0.5, 0.6) is 11.5 Å². The first kappa shape index (κ1) is 22.3. The smallest absolute Gasteiger partial charge is 0.248 e. The van der Waals surface area contributed by atoms with Crippen LogP contribution < -0.4 is 19.7 Å². The number of fused-ring (bicyclic) bond motifs is 1. The van der Waals surface area contributed by atoms with E-state index in [-0.39, 0.29) is 0 Å². The molecule has 3 aromatic rings. The number of hydrogen-bond donors (Lipinski definition) is 1. The highest BCUT2D eigenvalue weighted by Crippen LogP contribution is 2.32. The zero-order valence-electron chi connectivity index (χ0n) is 19.1. The number of imidazole rings is 1. The van der Waals surface area contributed by atoms with Crippen LogP contribution in [0.25, 0.3) is 5.95 Å². The first-order valence-electron chi connectivity index (χ1n) is 11.3. The molecule has 0 amide bonds. The average Bonchev–Trinajstić information content (AvgIpc) is 3.64. The fourth-order valence-electron chi connectivity index (χ4n) is 3.80. The second kappa shape index (κ2) is 10.6. The predicted molar refractivity (Wildman–Crippen MR) is 133 cm³/mol. The molecule has 5 rings (SSSR count). The van der Waals surface area contributed by atoms with E-state index < -0.39 is 0 Å². The van der Waals surface area contributed by atoms with Crippen LogP contribution in [-0.2, 0) is 6.54 Å². The molecule has 0 fully saturated rings. The molecule has 1 N–H and O–H groups in total. The fraction of sp³-hybridized carbons (Fsp3) is 0.333. The molecule has 34 heavy (non-hydrogen) atoms. The Balaban J connectivity index is 1.20. The second-order valence-electron chi connectivity index (χ2n) is 8.00. The molecule has 2 aliphatic heterocycles. The molecule has 0 saturated carbocycles. The maximum atomic E-state index is 5.47. The van der Waals surface area contributed by atoms with Gasteiger partial charge in [0.15, 0.2) is 11.5 Å². The standard InChI is InChI=1S/C24H27N7O2S/c1-2-18-6-8-27-20(12-18)15-30(24-28-23(29-34-24)31-11-9-26-16-31)10-3-7-25-14-19-4-5-21-22(13-19)33-17-32-21/h2,4-5,8-9,11-13,16,25H,3,6-7,10,14-15,17H2,1H3/b18-2-. The summed E-state index contributed by atoms with van der Waals surface area (Å²) in [6.07, 6.45) is 13.4. The van der Waals surface area contributed by atoms with E-state index in [1.165, 1.54) is 22.7 Å². The first-order chi connectivity index (χ1) is 16.8. The number of allylic oxidation sites excluding steroid dienone is 3. The molecule has 0 bridgehead atoms. The van der Waals surface area contributed by atoms with Gasteiger partial charge >= 0.3 is 0 Å². The van der Waals surface area contributed by atoms with Gasteiger partial charge in [-0.15, -0.1) is 0 Å². The maximum Gasteiger partial charge on any atom is 0.248 e. The van der Waals surface area contributed by atoms with E-state index >= 15 is 0 Å². The van der Waals surface area contributed by atoms with Crippen LogP contribution in [0.1, 0.15) is 25.3 Å². The Labute approximate surface area is 202 Å². The predicted octanol–water partition coefficient (Wildman–Crippen LogP) is 3.74. The average molecular weight is 478 g/mol. The van der Waals surface area contributed by atoms with Gasteiger partial charge in [-0.3, -0.25) is 9.56 Å². The van der Waals surface area contributed by atoms with Crippen molar-refractivity contribution in [1.29, 1.82) is 0 Å². The zero-order chi connectivity index (χ0) is 23.2. The molecule has 0 radical (unpaired) electrons. The third-order valence-corrected chi connectivity index (χ3v) is 6.39. The molecule has 10 heteroatoms. The van der Waals surface area contributed by atoms with Crippen LogP contribution in [0.3, 0.4) is 0 Å². The number of ether oxygens (including phenoxy) is 2. The molecule has 0 spiro atoms. The summed E-state index contributed by atoms with van der Waals surface area (Å²) in [6.45, 7) is 5.54. The van der Waals surface area contributed by atoms with E-state index in [0.29, 0.717) is 19.3 Å². The number of anilines is 1. The molecule has 2 aliphatic rings. The van der Waals surface area contributed by atoms with Gasteiger partial charge in [0.25, 0.3) is 0 Å². The SMILES string of the molecule is C/C=C1\C=C(CN(CCCNCc2ccc3c(c2)OCO3)c2nc(-n3ccnc3)ns2)N=CC1. The Kier molecular flexibility index (Phi) is 6.97. The minimum atomic E-state index is 0.298. The summed E-state index contributed by atoms with van der Waals surface area (Å²) >= 11 is 1.40. The molecule has 1 aromatic carbocycles. The maximum absolute atomic E-state index is 5.47. The molecule has 176 valence electrons. The topological polar surface area (TPSA) is 89.7 Å². The van der Waals surface area contributed by atoms with Crippen molar-refractivity contribution in [2.75, 3.05) is 31.3 Å². The van der Waals surface area contributed by atoms with Gasteiger partial charge in [-0.25, -0.2) is 4.98 Å². The van der Waals surface area contributed by atoms with E-state index in [1.54, 1.807) is 12.5 Å². The number of benzene rings is 1. The lowest BCUT2D eigenvalue weighted by atomic mass is 10.1. The monoisotopic (exact) mass is 477 g/mol. The molecule has 9 nitrogen and oxygen atoms in total. The minimum Gasteiger partial charge on any atom is -0.454 e. The van der Waals surface area contributed by atoms with Crippen molar-refractivity contribution in [3.05, 3.63) is 65.9 Å². The molecule has 0 aliphatic carbocycles. The van der Waals surface area contributed by atoms with Gasteiger partial charge in [0.2, 0.25) is 17.9 Å². The van der Waals surface area contributed by atoms with Crippen molar-refractivity contribution in [3.8, 4) is 17.4 Å². The highest BCUT2D eigenvalue weighted by Gasteiger charge is 2.16. The van der Waals surface area contributed by atoms with Crippen LogP contribution in [0, 0.1) is 0 Å². The largest absolute Gasteiger partial charge is 0.454 e. The van der Waals surface area contributed by atoms with Gasteiger partial charge in [0.05, 0.1) is 12.2 Å². The van der Waals surface area contributed by atoms with Crippen LogP contribution in [-0.4, -0.2) is 51.6 Å². The van der Waals surface area contributed by atoms with Crippen molar-refractivity contribution in [2.45, 2.75) is 26.3 Å². The first-order valence-corrected chi connectivity index (χ1v) is 12.1. The van der Waals surface area contributed by atoms with Crippen LogP contribution in [0.2, 0.25) is 0 Å². The van der Waals surface area contributed by atoms with E-state index in [1.807, 2.05) is 29.1 Å². The number of hydrogen-bond acceptors (Lipinski definition) is 9. The molecular weight excluding hydrogens is 450 g/mol. The molecular formula is C24H27N7O2S. The van der Waals surface area contributed by atoms with Gasteiger partial charge in [-0.05, 0) is 49.2 Å². The van der Waals surface area contributed by atoms with E-state index in [0.717, 1.165) is 54.8 Å². The van der Waals surface area contributed by atoms with Crippen molar-refractivity contribution >= 4 is 22.9 Å². The Morgan fingerprint density at radius 2 is 2.21 bits per heavy atom. The van der Waals surface area contributed by atoms with Gasteiger partial charge in [-0.2, -0.15) is 9.36 Å². The third kappa shape index (κ3) is 5.35. The molecule has 0 atom stereocenters. The van der Waals surface area contributed by atoms with Gasteiger partial charge in [-0.1, -0.05) is 12.1 Å². The van der Waals surface area contributed by atoms with Crippen LogP contribution in [0.4, 0.5) is 5.13 Å². The normalized spacial score (nSPS) is 15.7. The minimum absolute atomic E-state index is 0.298. The third-order valence-electron chi connectivity index (χ3n) is 5.62. The number of rotatable bonds is 10. The van der Waals surface area contributed by atoms with Crippen LogP contribution >= 0.6 is 11.5 Å². The fourth-order valence-corrected chi connectivity index (χ4v) is 4.49. The Hall–Kier alpha value is -3.50. The van der Waals surface area contributed by atoms with Crippen molar-refractivity contribution in [2.24, 2.45) is 4.99 Å². The summed E-state index contributed by atoms with van der Waals surface area (Å²) in [7, 11) is 0. The highest BCUT2D eigenvalue weighted by molar-refractivity contribution is 7.09. The number of nitrogens with one attached hydrogen (secondary N) is 1. The summed E-state index contributed by atoms with van der Waals surface area (Å²) in [5.41, 5.74) is 3.49. The zero-order valence-corrected chi connectivity index (χ0v) is 19.9. The van der Waals surface area contributed by atoms with Crippen molar-refractivity contribution in [1.82, 2.24) is 24.2 Å². The van der Waals surface area contributed by atoms with Crippen molar-refractivity contribution < 1.29 is 9.47 Å². The number of aliphatic imine (C=N–C) groups is 1. The molecule has 0 saturated heterocycles. The molecule has 4 heterocycles. The Morgan fingerprint density at radius 3 is 3.09 bits per heavy atom. The Morgan fingerprint density at radius 1 is 1.26 bits per heavy atom. The summed E-state index contributed by atoms with van der Waals surface area (Å²) in [4.78, 5) is 15.7. The van der Waals surface area contributed by atoms with Crippen molar-refractivity contribution in [3.63, 3.8) is 0 Å². The summed E-state index contributed by atoms with van der Waals surface area (Å²) < 4.78 is 17.2. The van der Waals surface area contributed by atoms with E-state index in [2.05, 4.69) is 49.7 Å². The summed E-state index contributed by atoms with van der Waals surface area (Å²) in [6, 6.07) is 6.07. The van der Waals surface area contributed by atoms with Gasteiger partial charge in [0, 0.05) is 49.7 Å². The van der Waals surface area contributed by atoms with Crippen LogP contribution in [0.15, 0.2) is 65.3 Å². The molecule has 0 unspecified atom stereocenters. The van der Waals surface area contributed by atoms with Gasteiger partial charge in [0.1, 0.15) is 6.33 Å².